The number of carbonyl (C=O) groups excluding carboxylic acids is 1. The number of amides is 1. The Morgan fingerprint density at radius 1 is 0.935 bits per heavy atom. The van der Waals surface area contributed by atoms with Gasteiger partial charge in [-0.15, -0.1) is 0 Å². The molecule has 0 radical (unpaired) electrons. The van der Waals surface area contributed by atoms with Crippen molar-refractivity contribution in [3.63, 3.8) is 0 Å². The van der Waals surface area contributed by atoms with E-state index >= 15 is 0 Å². The second-order valence-electron chi connectivity index (χ2n) is 7.23. The average molecular weight is 411 g/mol. The maximum absolute atomic E-state index is 13.1. The van der Waals surface area contributed by atoms with Gasteiger partial charge in [-0.3, -0.25) is 4.79 Å². The number of rotatable bonds is 4. The van der Waals surface area contributed by atoms with Gasteiger partial charge in [0, 0.05) is 16.5 Å². The minimum Gasteiger partial charge on any atom is -0.508 e. The predicted octanol–water partition coefficient (Wildman–Crippen LogP) is 4.78. The van der Waals surface area contributed by atoms with Gasteiger partial charge in [-0.05, 0) is 49.7 Å². The average Bonchev–Trinajstić information content (AvgIpc) is 2.78. The molecule has 1 amide bonds. The molecule has 3 N–H and O–H groups in total. The molecule has 6 nitrogen and oxygen atoms in total. The van der Waals surface area contributed by atoms with E-state index in [1.165, 1.54) is 18.2 Å². The number of nitrogens with zero attached hydrogens (tertiary/aromatic N) is 2. The topological polar surface area (TPSA) is 94.8 Å². The molecule has 4 aromatic rings. The maximum atomic E-state index is 13.1. The Kier molecular flexibility index (Phi) is 5.37. The number of phenolic OH excluding ortho intramolecular Hbond substituents is 2. The number of benzene rings is 3. The van der Waals surface area contributed by atoms with E-state index in [2.05, 4.69) is 10.5 Å². The van der Waals surface area contributed by atoms with Crippen LogP contribution in [0.1, 0.15) is 28.4 Å². The first-order chi connectivity index (χ1) is 14.9. The maximum Gasteiger partial charge on any atom is 0.272 e. The van der Waals surface area contributed by atoms with Gasteiger partial charge in [0.15, 0.2) is 0 Å². The Morgan fingerprint density at radius 2 is 1.68 bits per heavy atom. The van der Waals surface area contributed by atoms with Crippen molar-refractivity contribution in [3.8, 4) is 22.8 Å². The Labute approximate surface area is 179 Å². The number of phenols is 2. The number of fused-ring (bicyclic) bond motifs is 1. The van der Waals surface area contributed by atoms with Crippen molar-refractivity contribution < 1.29 is 15.0 Å². The molecule has 154 valence electrons. The van der Waals surface area contributed by atoms with Crippen LogP contribution in [0.15, 0.2) is 77.9 Å². The van der Waals surface area contributed by atoms with Crippen LogP contribution in [-0.4, -0.2) is 26.8 Å². The van der Waals surface area contributed by atoms with E-state index in [9.17, 15) is 15.0 Å². The molecule has 0 fully saturated rings. The van der Waals surface area contributed by atoms with Crippen LogP contribution in [0.2, 0.25) is 0 Å². The Hall–Kier alpha value is -4.19. The molecule has 0 saturated heterocycles. The number of hydrazone groups is 1. The number of carbonyl (C=O) groups is 1. The van der Waals surface area contributed by atoms with Gasteiger partial charge >= 0.3 is 0 Å². The van der Waals surface area contributed by atoms with E-state index < -0.39 is 5.91 Å². The number of pyridine rings is 1. The van der Waals surface area contributed by atoms with E-state index in [0.717, 1.165) is 11.1 Å². The lowest BCUT2D eigenvalue weighted by molar-refractivity contribution is 0.0956. The quantitative estimate of drug-likeness (QED) is 0.256. The highest BCUT2D eigenvalue weighted by Crippen LogP contribution is 2.27. The molecular formula is C25H21N3O3. The number of para-hydroxylation sites is 1. The Morgan fingerprint density at radius 3 is 2.48 bits per heavy atom. The standard InChI is InChI=1S/C25H21N3O3/c1-15-7-3-4-8-18(15)23-14-21(19-9-5-6-10-22(19)26-23)25(31)28-27-16(2)20-13-17(29)11-12-24(20)30/h3-14,29-30H,1-2H3,(H,28,31)/b27-16-. The first-order valence-corrected chi connectivity index (χ1v) is 9.77. The summed E-state index contributed by atoms with van der Waals surface area (Å²) in [5, 5.41) is 24.5. The molecular weight excluding hydrogens is 390 g/mol. The van der Waals surface area contributed by atoms with Crippen molar-refractivity contribution >= 4 is 22.5 Å². The zero-order valence-corrected chi connectivity index (χ0v) is 17.1. The third-order valence-electron chi connectivity index (χ3n) is 5.08. The number of hydrogen-bond acceptors (Lipinski definition) is 5. The largest absolute Gasteiger partial charge is 0.508 e. The van der Waals surface area contributed by atoms with E-state index in [1.807, 2.05) is 55.5 Å². The van der Waals surface area contributed by atoms with Crippen molar-refractivity contribution in [2.75, 3.05) is 0 Å². The number of nitrogens with one attached hydrogen (secondary N) is 1. The highest BCUT2D eigenvalue weighted by atomic mass is 16.3. The molecule has 0 spiro atoms. The van der Waals surface area contributed by atoms with Gasteiger partial charge in [0.25, 0.3) is 5.91 Å². The van der Waals surface area contributed by atoms with Crippen LogP contribution in [0.4, 0.5) is 0 Å². The van der Waals surface area contributed by atoms with Crippen LogP contribution < -0.4 is 5.43 Å². The van der Waals surface area contributed by atoms with Crippen molar-refractivity contribution in [1.29, 1.82) is 0 Å². The zero-order chi connectivity index (χ0) is 22.0. The van der Waals surface area contributed by atoms with E-state index in [4.69, 9.17) is 4.98 Å². The molecule has 3 aromatic carbocycles. The van der Waals surface area contributed by atoms with Crippen LogP contribution >= 0.6 is 0 Å². The smallest absolute Gasteiger partial charge is 0.272 e. The van der Waals surface area contributed by atoms with Crippen molar-refractivity contribution in [2.45, 2.75) is 13.8 Å². The number of aromatic nitrogens is 1. The fourth-order valence-corrected chi connectivity index (χ4v) is 3.43. The Bertz CT molecular complexity index is 1330. The van der Waals surface area contributed by atoms with Gasteiger partial charge in [-0.2, -0.15) is 5.10 Å². The first kappa shape index (κ1) is 20.1. The number of hydrogen-bond donors (Lipinski definition) is 3. The molecule has 1 heterocycles. The first-order valence-electron chi connectivity index (χ1n) is 9.77. The second-order valence-corrected chi connectivity index (χ2v) is 7.23. The summed E-state index contributed by atoms with van der Waals surface area (Å²) in [5.41, 5.74) is 7.12. The third kappa shape index (κ3) is 4.09. The summed E-state index contributed by atoms with van der Waals surface area (Å²) in [4.78, 5) is 17.8. The molecule has 0 unspecified atom stereocenters. The van der Waals surface area contributed by atoms with Crippen LogP contribution in [-0.2, 0) is 0 Å². The van der Waals surface area contributed by atoms with Gasteiger partial charge in [0.1, 0.15) is 11.5 Å². The van der Waals surface area contributed by atoms with Gasteiger partial charge in [-0.25, -0.2) is 10.4 Å². The molecule has 31 heavy (non-hydrogen) atoms. The predicted molar refractivity (Wildman–Crippen MR) is 121 cm³/mol. The summed E-state index contributed by atoms with van der Waals surface area (Å²) in [6.45, 7) is 3.64. The minimum atomic E-state index is -0.396. The summed E-state index contributed by atoms with van der Waals surface area (Å²) >= 11 is 0. The molecule has 0 bridgehead atoms. The van der Waals surface area contributed by atoms with Crippen molar-refractivity contribution in [1.82, 2.24) is 10.4 Å². The van der Waals surface area contributed by atoms with Crippen molar-refractivity contribution in [2.24, 2.45) is 5.10 Å². The fraction of sp³-hybridized carbons (Fsp3) is 0.0800. The molecule has 0 aliphatic carbocycles. The van der Waals surface area contributed by atoms with E-state index in [-0.39, 0.29) is 11.5 Å². The molecule has 4 rings (SSSR count). The van der Waals surface area contributed by atoms with Gasteiger partial charge < -0.3 is 10.2 Å². The lowest BCUT2D eigenvalue weighted by atomic mass is 10.0. The summed E-state index contributed by atoms with van der Waals surface area (Å²) < 4.78 is 0. The monoisotopic (exact) mass is 411 g/mol. The lowest BCUT2D eigenvalue weighted by Gasteiger charge is -2.11. The minimum absolute atomic E-state index is 0.00308. The summed E-state index contributed by atoms with van der Waals surface area (Å²) in [7, 11) is 0. The Balaban J connectivity index is 1.74. The fourth-order valence-electron chi connectivity index (χ4n) is 3.43. The SMILES string of the molecule is C/C(=N/NC(=O)c1cc(-c2ccccc2C)nc2ccccc12)c1cc(O)ccc1O. The molecule has 0 saturated carbocycles. The molecule has 1 aromatic heterocycles. The lowest BCUT2D eigenvalue weighted by Crippen LogP contribution is -2.20. The normalized spacial score (nSPS) is 11.5. The van der Waals surface area contributed by atoms with Gasteiger partial charge in [0.05, 0.1) is 22.5 Å². The van der Waals surface area contributed by atoms with Gasteiger partial charge in [-0.1, -0.05) is 42.5 Å². The molecule has 0 atom stereocenters. The van der Waals surface area contributed by atoms with Crippen LogP contribution in [0.5, 0.6) is 11.5 Å². The summed E-state index contributed by atoms with van der Waals surface area (Å²) in [6, 6.07) is 21.2. The number of aromatic hydroxyl groups is 2. The summed E-state index contributed by atoms with van der Waals surface area (Å²) in [5.74, 6) is -0.436. The number of aryl methyl sites for hydroxylation is 1. The molecule has 0 aliphatic rings. The molecule has 0 aliphatic heterocycles. The van der Waals surface area contributed by atoms with Crippen molar-refractivity contribution in [3.05, 3.63) is 89.5 Å². The highest BCUT2D eigenvalue weighted by molar-refractivity contribution is 6.08. The van der Waals surface area contributed by atoms with E-state index in [0.29, 0.717) is 33.4 Å². The van der Waals surface area contributed by atoms with Crippen LogP contribution in [0, 0.1) is 6.92 Å². The van der Waals surface area contributed by atoms with Crippen LogP contribution in [0.3, 0.4) is 0 Å². The van der Waals surface area contributed by atoms with E-state index in [1.54, 1.807) is 13.0 Å². The zero-order valence-electron chi connectivity index (χ0n) is 17.1. The third-order valence-corrected chi connectivity index (χ3v) is 5.08. The summed E-state index contributed by atoms with van der Waals surface area (Å²) in [6.07, 6.45) is 0. The van der Waals surface area contributed by atoms with Gasteiger partial charge in [0.2, 0.25) is 0 Å². The van der Waals surface area contributed by atoms with Crippen LogP contribution in [0.25, 0.3) is 22.2 Å². The molecule has 6 heteroatoms. The highest BCUT2D eigenvalue weighted by Gasteiger charge is 2.15. The second kappa shape index (κ2) is 8.28.